The van der Waals surface area contributed by atoms with Crippen LogP contribution >= 0.6 is 24.2 Å². The van der Waals surface area contributed by atoms with Gasteiger partial charge in [0, 0.05) is 16.7 Å². The number of carbonyl (C=O) groups is 2. The first-order valence-corrected chi connectivity index (χ1v) is 10.0. The highest BCUT2D eigenvalue weighted by atomic mass is 35.5. The number of anilines is 1. The van der Waals surface area contributed by atoms with Crippen LogP contribution in [0.2, 0.25) is 0 Å². The van der Waals surface area contributed by atoms with Gasteiger partial charge in [-0.3, -0.25) is 9.59 Å². The highest BCUT2D eigenvalue weighted by Crippen LogP contribution is 2.31. The van der Waals surface area contributed by atoms with E-state index in [1.807, 2.05) is 43.8 Å². The number of thioether (sulfide) groups is 1. The highest BCUT2D eigenvalue weighted by molar-refractivity contribution is 7.99. The average molecular weight is 400 g/mol. The molecule has 0 unspecified atom stereocenters. The highest BCUT2D eigenvalue weighted by Gasteiger charge is 2.18. The molecule has 0 bridgehead atoms. The average Bonchev–Trinajstić information content (AvgIpc) is 3.11. The van der Waals surface area contributed by atoms with Crippen molar-refractivity contribution in [3.05, 3.63) is 29.8 Å². The van der Waals surface area contributed by atoms with Crippen molar-refractivity contribution in [2.45, 2.75) is 56.6 Å². The maximum atomic E-state index is 12.0. The Hall–Kier alpha value is -1.24. The molecule has 0 aromatic heterocycles. The summed E-state index contributed by atoms with van der Waals surface area (Å²) in [5.74, 6) is 0.461. The van der Waals surface area contributed by atoms with Gasteiger partial charge < -0.3 is 16.4 Å². The van der Waals surface area contributed by atoms with E-state index in [4.69, 9.17) is 5.73 Å². The largest absolute Gasteiger partial charge is 0.346 e. The van der Waals surface area contributed by atoms with Crippen molar-refractivity contribution in [1.29, 1.82) is 0 Å². The summed E-state index contributed by atoms with van der Waals surface area (Å²) in [6.45, 7) is 3.68. The maximum absolute atomic E-state index is 12.0. The predicted molar refractivity (Wildman–Crippen MR) is 112 cm³/mol. The van der Waals surface area contributed by atoms with Crippen LogP contribution in [-0.4, -0.2) is 29.7 Å². The van der Waals surface area contributed by atoms with Gasteiger partial charge in [0.05, 0.1) is 12.6 Å². The molecule has 1 aromatic rings. The fourth-order valence-electron chi connectivity index (χ4n) is 2.80. The Morgan fingerprint density at radius 1 is 1.27 bits per heavy atom. The van der Waals surface area contributed by atoms with Gasteiger partial charge in [0.15, 0.2) is 0 Å². The third-order valence-electron chi connectivity index (χ3n) is 4.44. The molecule has 1 saturated carbocycles. The Bertz CT molecular complexity index is 592. The van der Waals surface area contributed by atoms with Gasteiger partial charge in [-0.15, -0.1) is 12.4 Å². The Balaban J connectivity index is 0.00000338. The van der Waals surface area contributed by atoms with E-state index < -0.39 is 6.04 Å². The molecule has 2 amide bonds. The van der Waals surface area contributed by atoms with Crippen LogP contribution in [0, 0.1) is 5.92 Å². The van der Waals surface area contributed by atoms with E-state index in [-0.39, 0.29) is 36.7 Å². The minimum Gasteiger partial charge on any atom is -0.346 e. The maximum Gasteiger partial charge on any atom is 0.243 e. The van der Waals surface area contributed by atoms with Crippen molar-refractivity contribution < 1.29 is 9.59 Å². The molecule has 1 aliphatic rings. The molecule has 0 aliphatic heterocycles. The monoisotopic (exact) mass is 399 g/mol. The van der Waals surface area contributed by atoms with E-state index in [9.17, 15) is 9.59 Å². The molecule has 1 fully saturated rings. The van der Waals surface area contributed by atoms with Gasteiger partial charge in [-0.2, -0.15) is 11.8 Å². The molecule has 0 radical (unpaired) electrons. The SMILES string of the molecule is CC(C)[C@H](N)C(=O)NCC(=O)Nc1cccc(CSC2CCCC2)c1.Cl. The van der Waals surface area contributed by atoms with Gasteiger partial charge in [0.25, 0.3) is 0 Å². The van der Waals surface area contributed by atoms with Crippen LogP contribution in [0.5, 0.6) is 0 Å². The van der Waals surface area contributed by atoms with E-state index >= 15 is 0 Å². The Morgan fingerprint density at radius 2 is 1.96 bits per heavy atom. The van der Waals surface area contributed by atoms with Crippen molar-refractivity contribution in [1.82, 2.24) is 5.32 Å². The number of nitrogens with one attached hydrogen (secondary N) is 2. The second-order valence-electron chi connectivity index (χ2n) is 6.95. The lowest BCUT2D eigenvalue weighted by molar-refractivity contribution is -0.125. The van der Waals surface area contributed by atoms with E-state index in [2.05, 4.69) is 16.7 Å². The first-order chi connectivity index (χ1) is 12.0. The van der Waals surface area contributed by atoms with Gasteiger partial charge in [-0.25, -0.2) is 0 Å². The van der Waals surface area contributed by atoms with Gasteiger partial charge in [0.1, 0.15) is 0 Å². The Labute approximate surface area is 166 Å². The van der Waals surface area contributed by atoms with Crippen molar-refractivity contribution >= 4 is 41.7 Å². The zero-order valence-electron chi connectivity index (χ0n) is 15.5. The third kappa shape index (κ3) is 7.56. The van der Waals surface area contributed by atoms with Crippen LogP contribution in [-0.2, 0) is 15.3 Å². The second kappa shape index (κ2) is 11.5. The van der Waals surface area contributed by atoms with Crippen molar-refractivity contribution in [2.24, 2.45) is 11.7 Å². The third-order valence-corrected chi connectivity index (χ3v) is 5.89. The van der Waals surface area contributed by atoms with Crippen molar-refractivity contribution in [3.8, 4) is 0 Å². The molecular weight excluding hydrogens is 370 g/mol. The molecule has 0 spiro atoms. The zero-order valence-corrected chi connectivity index (χ0v) is 17.1. The summed E-state index contributed by atoms with van der Waals surface area (Å²) < 4.78 is 0. The molecular formula is C19H30ClN3O2S. The molecule has 26 heavy (non-hydrogen) atoms. The molecule has 146 valence electrons. The van der Waals surface area contributed by atoms with Crippen LogP contribution in [0.3, 0.4) is 0 Å². The van der Waals surface area contributed by atoms with Crippen LogP contribution in [0.4, 0.5) is 5.69 Å². The number of benzene rings is 1. The molecule has 0 saturated heterocycles. The number of hydrogen-bond donors (Lipinski definition) is 3. The number of halogens is 1. The number of nitrogens with two attached hydrogens (primary N) is 1. The number of amides is 2. The van der Waals surface area contributed by atoms with Gasteiger partial charge in [0.2, 0.25) is 11.8 Å². The van der Waals surface area contributed by atoms with Crippen molar-refractivity contribution in [3.63, 3.8) is 0 Å². The Kier molecular flexibility index (Phi) is 10.1. The number of carbonyl (C=O) groups excluding carboxylic acids is 2. The molecule has 1 aromatic carbocycles. The summed E-state index contributed by atoms with van der Waals surface area (Å²) in [5, 5.41) is 6.19. The minimum atomic E-state index is -0.594. The van der Waals surface area contributed by atoms with Gasteiger partial charge in [-0.1, -0.05) is 38.8 Å². The van der Waals surface area contributed by atoms with E-state index in [0.717, 1.165) is 16.7 Å². The fourth-order valence-corrected chi connectivity index (χ4v) is 4.08. The summed E-state index contributed by atoms with van der Waals surface area (Å²) in [5.41, 5.74) is 7.73. The number of hydrogen-bond acceptors (Lipinski definition) is 4. The summed E-state index contributed by atoms with van der Waals surface area (Å²) >= 11 is 2.00. The second-order valence-corrected chi connectivity index (χ2v) is 8.24. The number of rotatable bonds is 8. The van der Waals surface area contributed by atoms with Crippen LogP contribution in [0.25, 0.3) is 0 Å². The minimum absolute atomic E-state index is 0. The molecule has 4 N–H and O–H groups in total. The van der Waals surface area contributed by atoms with Crippen molar-refractivity contribution in [2.75, 3.05) is 11.9 Å². The van der Waals surface area contributed by atoms with Crippen LogP contribution in [0.15, 0.2) is 24.3 Å². The lowest BCUT2D eigenvalue weighted by atomic mass is 10.1. The van der Waals surface area contributed by atoms with E-state index in [1.165, 1.54) is 31.2 Å². The lowest BCUT2D eigenvalue weighted by Gasteiger charge is -2.15. The zero-order chi connectivity index (χ0) is 18.2. The molecule has 2 rings (SSSR count). The standard InChI is InChI=1S/C19H29N3O2S.ClH/c1-13(2)18(20)19(24)21-11-17(23)22-15-7-5-6-14(10-15)12-25-16-8-3-4-9-16;/h5-7,10,13,16,18H,3-4,8-9,11-12,20H2,1-2H3,(H,21,24)(H,22,23);1H/t18-;/m0./s1. The van der Waals surface area contributed by atoms with Gasteiger partial charge >= 0.3 is 0 Å². The van der Waals surface area contributed by atoms with Crippen LogP contribution < -0.4 is 16.4 Å². The summed E-state index contributed by atoms with van der Waals surface area (Å²) in [4.78, 5) is 23.8. The summed E-state index contributed by atoms with van der Waals surface area (Å²) in [7, 11) is 0. The lowest BCUT2D eigenvalue weighted by Crippen LogP contribution is -2.46. The first-order valence-electron chi connectivity index (χ1n) is 8.99. The fraction of sp³-hybridized carbons (Fsp3) is 0.579. The van der Waals surface area contributed by atoms with E-state index in [0.29, 0.717) is 0 Å². The van der Waals surface area contributed by atoms with E-state index in [1.54, 1.807) is 0 Å². The van der Waals surface area contributed by atoms with Gasteiger partial charge in [-0.05, 0) is 36.5 Å². The molecule has 5 nitrogen and oxygen atoms in total. The Morgan fingerprint density at radius 3 is 2.62 bits per heavy atom. The smallest absolute Gasteiger partial charge is 0.243 e. The van der Waals surface area contributed by atoms with Crippen LogP contribution in [0.1, 0.15) is 45.1 Å². The molecule has 1 atom stereocenters. The first kappa shape index (κ1) is 22.8. The summed E-state index contributed by atoms with van der Waals surface area (Å²) in [6, 6.07) is 7.31. The molecule has 1 aliphatic carbocycles. The molecule has 0 heterocycles. The normalized spacial score (nSPS) is 15.4. The quantitative estimate of drug-likeness (QED) is 0.626. The topological polar surface area (TPSA) is 84.2 Å². The predicted octanol–water partition coefficient (Wildman–Crippen LogP) is 3.32. The molecule has 7 heteroatoms. The summed E-state index contributed by atoms with van der Waals surface area (Å²) in [6.07, 6.45) is 5.33.